The summed E-state index contributed by atoms with van der Waals surface area (Å²) in [6.45, 7) is 1.36. The van der Waals surface area contributed by atoms with Gasteiger partial charge in [0.15, 0.2) is 17.2 Å². The van der Waals surface area contributed by atoms with E-state index in [1.54, 1.807) is 13.2 Å². The van der Waals surface area contributed by atoms with Crippen LogP contribution in [0, 0.1) is 0 Å². The van der Waals surface area contributed by atoms with Crippen LogP contribution in [0.4, 0.5) is 0 Å². The van der Waals surface area contributed by atoms with Crippen molar-refractivity contribution in [2.75, 3.05) is 34.4 Å². The third-order valence-corrected chi connectivity index (χ3v) is 3.82. The van der Waals surface area contributed by atoms with Gasteiger partial charge in [0.05, 0.1) is 7.11 Å². The number of aromatic carboxylic acids is 1. The summed E-state index contributed by atoms with van der Waals surface area (Å²) in [6.07, 6.45) is 0. The molecule has 0 saturated carbocycles. The molecule has 1 aromatic heterocycles. The standard InChI is InChI=1S/C15H18N2O4S/c1-17(2)6-7-21-12-5-4-10(8-13(12)20-3)14-16-11(9-22-14)15(18)19/h4-5,8-9H,6-7H2,1-3H3,(H,18,19). The lowest BCUT2D eigenvalue weighted by molar-refractivity contribution is 0.0691. The molecule has 0 unspecified atom stereocenters. The highest BCUT2D eigenvalue weighted by molar-refractivity contribution is 7.13. The van der Waals surface area contributed by atoms with Gasteiger partial charge in [-0.25, -0.2) is 9.78 Å². The summed E-state index contributed by atoms with van der Waals surface area (Å²) in [4.78, 5) is 17.0. The molecule has 0 atom stereocenters. The average molecular weight is 322 g/mol. The second-order valence-electron chi connectivity index (χ2n) is 4.86. The van der Waals surface area contributed by atoms with Gasteiger partial charge in [0.25, 0.3) is 0 Å². The first-order valence-corrected chi connectivity index (χ1v) is 7.54. The van der Waals surface area contributed by atoms with E-state index < -0.39 is 5.97 Å². The predicted molar refractivity (Wildman–Crippen MR) is 85.1 cm³/mol. The van der Waals surface area contributed by atoms with Crippen LogP contribution < -0.4 is 9.47 Å². The summed E-state index contributed by atoms with van der Waals surface area (Å²) in [6, 6.07) is 5.46. The molecule has 0 bridgehead atoms. The Morgan fingerprint density at radius 1 is 1.36 bits per heavy atom. The fourth-order valence-corrected chi connectivity index (χ4v) is 2.55. The molecule has 0 spiro atoms. The van der Waals surface area contributed by atoms with Gasteiger partial charge < -0.3 is 19.5 Å². The highest BCUT2D eigenvalue weighted by atomic mass is 32.1. The third-order valence-electron chi connectivity index (χ3n) is 2.93. The van der Waals surface area contributed by atoms with E-state index in [9.17, 15) is 4.79 Å². The maximum absolute atomic E-state index is 10.9. The zero-order chi connectivity index (χ0) is 16.1. The Hall–Kier alpha value is -2.12. The molecule has 0 aliphatic rings. The molecular weight excluding hydrogens is 304 g/mol. The molecule has 6 nitrogen and oxygen atoms in total. The van der Waals surface area contributed by atoms with Crippen molar-refractivity contribution in [3.8, 4) is 22.1 Å². The van der Waals surface area contributed by atoms with Gasteiger partial charge >= 0.3 is 5.97 Å². The van der Waals surface area contributed by atoms with Crippen molar-refractivity contribution in [3.63, 3.8) is 0 Å². The van der Waals surface area contributed by atoms with Crippen LogP contribution in [0.5, 0.6) is 11.5 Å². The fraction of sp³-hybridized carbons (Fsp3) is 0.333. The number of thiazole rings is 1. The molecule has 0 aliphatic heterocycles. The van der Waals surface area contributed by atoms with Crippen molar-refractivity contribution in [1.29, 1.82) is 0 Å². The van der Waals surface area contributed by atoms with Crippen LogP contribution in [0.25, 0.3) is 10.6 Å². The van der Waals surface area contributed by atoms with Crippen LogP contribution in [-0.2, 0) is 0 Å². The monoisotopic (exact) mass is 322 g/mol. The van der Waals surface area contributed by atoms with Crippen molar-refractivity contribution in [3.05, 3.63) is 29.3 Å². The quantitative estimate of drug-likeness (QED) is 0.844. The lowest BCUT2D eigenvalue weighted by Crippen LogP contribution is -2.19. The lowest BCUT2D eigenvalue weighted by atomic mass is 10.2. The maximum Gasteiger partial charge on any atom is 0.355 e. The highest BCUT2D eigenvalue weighted by Gasteiger charge is 2.13. The molecule has 2 aromatic rings. The number of carboxylic acids is 1. The summed E-state index contributed by atoms with van der Waals surface area (Å²) >= 11 is 1.28. The van der Waals surface area contributed by atoms with Crippen molar-refractivity contribution in [2.45, 2.75) is 0 Å². The Bertz CT molecular complexity index is 655. The average Bonchev–Trinajstić information content (AvgIpc) is 2.97. The van der Waals surface area contributed by atoms with E-state index in [2.05, 4.69) is 4.98 Å². The van der Waals surface area contributed by atoms with Gasteiger partial charge in [-0.05, 0) is 32.3 Å². The number of carbonyl (C=O) groups is 1. The minimum Gasteiger partial charge on any atom is -0.493 e. The van der Waals surface area contributed by atoms with Gasteiger partial charge in [-0.3, -0.25) is 0 Å². The number of aromatic nitrogens is 1. The summed E-state index contributed by atoms with van der Waals surface area (Å²) < 4.78 is 11.0. The molecule has 0 radical (unpaired) electrons. The molecule has 0 fully saturated rings. The number of hydrogen-bond donors (Lipinski definition) is 1. The Balaban J connectivity index is 2.18. The zero-order valence-electron chi connectivity index (χ0n) is 12.7. The van der Waals surface area contributed by atoms with E-state index in [-0.39, 0.29) is 5.69 Å². The first-order valence-electron chi connectivity index (χ1n) is 6.66. The molecular formula is C15H18N2O4S. The van der Waals surface area contributed by atoms with E-state index >= 15 is 0 Å². The Labute approximate surface area is 132 Å². The lowest BCUT2D eigenvalue weighted by Gasteiger charge is -2.14. The Kier molecular flexibility index (Phi) is 5.35. The van der Waals surface area contributed by atoms with E-state index in [0.717, 1.165) is 12.1 Å². The number of benzene rings is 1. The Morgan fingerprint density at radius 2 is 2.14 bits per heavy atom. The molecule has 1 heterocycles. The van der Waals surface area contributed by atoms with Crippen LogP contribution in [0.15, 0.2) is 23.6 Å². The SMILES string of the molecule is COc1cc(-c2nc(C(=O)O)cs2)ccc1OCCN(C)C. The summed E-state index contributed by atoms with van der Waals surface area (Å²) in [5.41, 5.74) is 0.847. The maximum atomic E-state index is 10.9. The van der Waals surface area contributed by atoms with Crippen LogP contribution in [0.1, 0.15) is 10.5 Å². The largest absolute Gasteiger partial charge is 0.493 e. The number of hydrogen-bond acceptors (Lipinski definition) is 6. The number of carboxylic acid groups (broad SMARTS) is 1. The van der Waals surface area contributed by atoms with E-state index in [0.29, 0.717) is 23.1 Å². The number of ether oxygens (including phenoxy) is 2. The first-order chi connectivity index (χ1) is 10.5. The first kappa shape index (κ1) is 16.3. The van der Waals surface area contributed by atoms with Crippen molar-refractivity contribution < 1.29 is 19.4 Å². The second kappa shape index (κ2) is 7.24. The third kappa shape index (κ3) is 3.96. The molecule has 7 heteroatoms. The minimum absolute atomic E-state index is 0.0466. The molecule has 2 rings (SSSR count). The summed E-state index contributed by atoms with van der Waals surface area (Å²) in [5.74, 6) is 0.226. The number of likely N-dealkylation sites (N-methyl/N-ethyl adjacent to an activating group) is 1. The van der Waals surface area contributed by atoms with Gasteiger partial charge in [0.2, 0.25) is 0 Å². The van der Waals surface area contributed by atoms with Crippen molar-refractivity contribution >= 4 is 17.3 Å². The number of methoxy groups -OCH3 is 1. The molecule has 22 heavy (non-hydrogen) atoms. The number of rotatable bonds is 7. The van der Waals surface area contributed by atoms with Gasteiger partial charge in [0, 0.05) is 17.5 Å². The van der Waals surface area contributed by atoms with Crippen LogP contribution >= 0.6 is 11.3 Å². The van der Waals surface area contributed by atoms with Gasteiger partial charge in [-0.2, -0.15) is 0 Å². The highest BCUT2D eigenvalue weighted by Crippen LogP contribution is 2.33. The van der Waals surface area contributed by atoms with Gasteiger partial charge in [0.1, 0.15) is 11.6 Å². The predicted octanol–water partition coefficient (Wildman–Crippen LogP) is 2.46. The molecule has 0 saturated heterocycles. The van der Waals surface area contributed by atoms with Gasteiger partial charge in [-0.1, -0.05) is 0 Å². The molecule has 118 valence electrons. The molecule has 1 N–H and O–H groups in total. The normalized spacial score (nSPS) is 10.7. The van der Waals surface area contributed by atoms with E-state index in [1.165, 1.54) is 16.7 Å². The van der Waals surface area contributed by atoms with Crippen molar-refractivity contribution in [2.24, 2.45) is 0 Å². The van der Waals surface area contributed by atoms with E-state index in [1.807, 2.05) is 31.1 Å². The van der Waals surface area contributed by atoms with Crippen LogP contribution in [0.2, 0.25) is 0 Å². The molecule has 0 amide bonds. The summed E-state index contributed by atoms with van der Waals surface area (Å²) in [5, 5.41) is 11.1. The smallest absolute Gasteiger partial charge is 0.355 e. The second-order valence-corrected chi connectivity index (χ2v) is 5.72. The topological polar surface area (TPSA) is 71.9 Å². The Morgan fingerprint density at radius 3 is 2.73 bits per heavy atom. The van der Waals surface area contributed by atoms with Gasteiger partial charge in [-0.15, -0.1) is 11.3 Å². The van der Waals surface area contributed by atoms with Crippen molar-refractivity contribution in [1.82, 2.24) is 9.88 Å². The fourth-order valence-electron chi connectivity index (χ4n) is 1.76. The van der Waals surface area contributed by atoms with Crippen LogP contribution in [0.3, 0.4) is 0 Å². The van der Waals surface area contributed by atoms with Crippen LogP contribution in [-0.4, -0.2) is 55.3 Å². The molecule has 0 aliphatic carbocycles. The minimum atomic E-state index is -1.03. The summed E-state index contributed by atoms with van der Waals surface area (Å²) in [7, 11) is 5.53. The van der Waals surface area contributed by atoms with E-state index in [4.69, 9.17) is 14.6 Å². The molecule has 1 aromatic carbocycles. The number of nitrogens with zero attached hydrogens (tertiary/aromatic N) is 2. The zero-order valence-corrected chi connectivity index (χ0v) is 13.5.